The molecule has 0 rings (SSSR count). The molecule has 0 N–H and O–H groups in total. The molecule has 8 heavy (non-hydrogen) atoms. The van der Waals surface area contributed by atoms with Gasteiger partial charge < -0.3 is 0 Å². The Morgan fingerprint density at radius 1 is 1.12 bits per heavy atom. The minimum Gasteiger partial charge on any atom is -0.0826 e. The topological polar surface area (TPSA) is 0 Å². The SMILES string of the molecule is CCCC(I)CCC. The molecule has 0 aromatic heterocycles. The van der Waals surface area contributed by atoms with Gasteiger partial charge in [-0.1, -0.05) is 49.3 Å². The molecule has 0 saturated heterocycles. The van der Waals surface area contributed by atoms with Crippen molar-refractivity contribution in [2.24, 2.45) is 0 Å². The van der Waals surface area contributed by atoms with Gasteiger partial charge in [0.1, 0.15) is 0 Å². The Hall–Kier alpha value is 0.730. The van der Waals surface area contributed by atoms with Crippen molar-refractivity contribution >= 4 is 22.6 Å². The Kier molecular flexibility index (Phi) is 6.39. The monoisotopic (exact) mass is 226 g/mol. The van der Waals surface area contributed by atoms with E-state index in [1.807, 2.05) is 0 Å². The van der Waals surface area contributed by atoms with Gasteiger partial charge in [-0.2, -0.15) is 0 Å². The van der Waals surface area contributed by atoms with Crippen LogP contribution in [-0.2, 0) is 0 Å². The van der Waals surface area contributed by atoms with Gasteiger partial charge in [-0.15, -0.1) is 0 Å². The first-order chi connectivity index (χ1) is 3.81. The molecule has 0 aromatic rings. The van der Waals surface area contributed by atoms with E-state index in [1.165, 1.54) is 25.7 Å². The van der Waals surface area contributed by atoms with Crippen LogP contribution in [0.3, 0.4) is 0 Å². The molecule has 0 aliphatic heterocycles. The van der Waals surface area contributed by atoms with Crippen molar-refractivity contribution in [3.63, 3.8) is 0 Å². The minimum absolute atomic E-state index is 0.933. The minimum atomic E-state index is 0.933. The van der Waals surface area contributed by atoms with Gasteiger partial charge in [-0.05, 0) is 12.8 Å². The van der Waals surface area contributed by atoms with E-state index in [0.717, 1.165) is 3.92 Å². The summed E-state index contributed by atoms with van der Waals surface area (Å²) in [6, 6.07) is 0. The molecule has 0 radical (unpaired) electrons. The third kappa shape index (κ3) is 4.88. The van der Waals surface area contributed by atoms with Crippen LogP contribution in [0.4, 0.5) is 0 Å². The summed E-state index contributed by atoms with van der Waals surface area (Å²) >= 11 is 2.54. The largest absolute Gasteiger partial charge is 0.0826 e. The summed E-state index contributed by atoms with van der Waals surface area (Å²) in [4.78, 5) is 0. The van der Waals surface area contributed by atoms with Crippen molar-refractivity contribution in [1.29, 1.82) is 0 Å². The van der Waals surface area contributed by atoms with E-state index in [2.05, 4.69) is 36.4 Å². The highest BCUT2D eigenvalue weighted by Crippen LogP contribution is 2.13. The lowest BCUT2D eigenvalue weighted by Crippen LogP contribution is -1.93. The van der Waals surface area contributed by atoms with Crippen LogP contribution in [0.1, 0.15) is 39.5 Å². The number of hydrogen-bond acceptors (Lipinski definition) is 0. The maximum absolute atomic E-state index is 2.54. The van der Waals surface area contributed by atoms with E-state index >= 15 is 0 Å². The molecule has 0 bridgehead atoms. The van der Waals surface area contributed by atoms with Gasteiger partial charge in [0, 0.05) is 3.92 Å². The highest BCUT2D eigenvalue weighted by molar-refractivity contribution is 14.1. The highest BCUT2D eigenvalue weighted by Gasteiger charge is 1.97. The van der Waals surface area contributed by atoms with Gasteiger partial charge >= 0.3 is 0 Å². The molecule has 0 heterocycles. The zero-order valence-corrected chi connectivity index (χ0v) is 7.94. The number of hydrogen-bond donors (Lipinski definition) is 0. The van der Waals surface area contributed by atoms with E-state index in [9.17, 15) is 0 Å². The van der Waals surface area contributed by atoms with Crippen molar-refractivity contribution in [3.05, 3.63) is 0 Å². The van der Waals surface area contributed by atoms with Crippen molar-refractivity contribution in [2.45, 2.75) is 43.5 Å². The average Bonchev–Trinajstić information content (AvgIpc) is 1.68. The van der Waals surface area contributed by atoms with Crippen molar-refractivity contribution < 1.29 is 0 Å². The van der Waals surface area contributed by atoms with Crippen LogP contribution >= 0.6 is 22.6 Å². The summed E-state index contributed by atoms with van der Waals surface area (Å²) in [5.74, 6) is 0. The second-order valence-corrected chi connectivity index (χ2v) is 3.94. The third-order valence-electron chi connectivity index (χ3n) is 1.20. The lowest BCUT2D eigenvalue weighted by molar-refractivity contribution is 0.692. The van der Waals surface area contributed by atoms with E-state index in [-0.39, 0.29) is 0 Å². The van der Waals surface area contributed by atoms with Crippen LogP contribution in [0.25, 0.3) is 0 Å². The zero-order chi connectivity index (χ0) is 6.41. The summed E-state index contributed by atoms with van der Waals surface area (Å²) in [7, 11) is 0. The Morgan fingerprint density at radius 3 is 1.75 bits per heavy atom. The Balaban J connectivity index is 2.92. The van der Waals surface area contributed by atoms with Crippen LogP contribution in [-0.4, -0.2) is 3.92 Å². The smallest absolute Gasteiger partial charge is 0.0109 e. The van der Waals surface area contributed by atoms with Gasteiger partial charge in [0.05, 0.1) is 0 Å². The number of rotatable bonds is 4. The molecule has 0 aliphatic rings. The first-order valence-corrected chi connectivity index (χ1v) is 4.69. The van der Waals surface area contributed by atoms with Gasteiger partial charge in [0.15, 0.2) is 0 Å². The molecule has 0 spiro atoms. The van der Waals surface area contributed by atoms with Crippen molar-refractivity contribution in [2.75, 3.05) is 0 Å². The highest BCUT2D eigenvalue weighted by atomic mass is 127. The quantitative estimate of drug-likeness (QED) is 0.509. The molecule has 0 aliphatic carbocycles. The number of halogens is 1. The van der Waals surface area contributed by atoms with Crippen molar-refractivity contribution in [1.82, 2.24) is 0 Å². The molecule has 0 atom stereocenters. The van der Waals surface area contributed by atoms with Gasteiger partial charge in [0.25, 0.3) is 0 Å². The van der Waals surface area contributed by atoms with Crippen LogP contribution < -0.4 is 0 Å². The molecule has 0 unspecified atom stereocenters. The van der Waals surface area contributed by atoms with E-state index in [0.29, 0.717) is 0 Å². The van der Waals surface area contributed by atoms with Crippen LogP contribution in [0.15, 0.2) is 0 Å². The standard InChI is InChI=1S/C7H15I/c1-3-5-7(8)6-4-2/h7H,3-6H2,1-2H3. The van der Waals surface area contributed by atoms with E-state index in [1.54, 1.807) is 0 Å². The Bertz CT molecular complexity index is 37.7. The summed E-state index contributed by atoms with van der Waals surface area (Å²) < 4.78 is 0.933. The lowest BCUT2D eigenvalue weighted by Gasteiger charge is -2.03. The molecule has 1 heteroatoms. The summed E-state index contributed by atoms with van der Waals surface area (Å²) in [5.41, 5.74) is 0. The fourth-order valence-electron chi connectivity index (χ4n) is 0.771. The van der Waals surface area contributed by atoms with Crippen molar-refractivity contribution in [3.8, 4) is 0 Å². The second-order valence-electron chi connectivity index (χ2n) is 2.17. The molecular formula is C7H15I. The number of alkyl halides is 1. The predicted octanol–water partition coefficient (Wildman–Crippen LogP) is 3.39. The second kappa shape index (κ2) is 5.86. The first-order valence-electron chi connectivity index (χ1n) is 3.45. The fourth-order valence-corrected chi connectivity index (χ4v) is 2.02. The maximum atomic E-state index is 2.54. The Labute approximate surface area is 66.2 Å². The molecule has 0 fully saturated rings. The third-order valence-corrected chi connectivity index (χ3v) is 2.45. The normalized spacial score (nSPS) is 10.5. The van der Waals surface area contributed by atoms with Crippen LogP contribution in [0.5, 0.6) is 0 Å². The van der Waals surface area contributed by atoms with Crippen LogP contribution in [0.2, 0.25) is 0 Å². The Morgan fingerprint density at radius 2 is 1.50 bits per heavy atom. The van der Waals surface area contributed by atoms with Gasteiger partial charge in [-0.3, -0.25) is 0 Å². The summed E-state index contributed by atoms with van der Waals surface area (Å²) in [5, 5.41) is 0. The maximum Gasteiger partial charge on any atom is 0.0109 e. The van der Waals surface area contributed by atoms with Gasteiger partial charge in [0.2, 0.25) is 0 Å². The predicted molar refractivity (Wildman–Crippen MR) is 47.6 cm³/mol. The molecule has 0 aromatic carbocycles. The first kappa shape index (κ1) is 8.73. The molecular weight excluding hydrogens is 211 g/mol. The summed E-state index contributed by atoms with van der Waals surface area (Å²) in [6.45, 7) is 4.50. The molecule has 0 nitrogen and oxygen atoms in total. The zero-order valence-electron chi connectivity index (χ0n) is 5.78. The fraction of sp³-hybridized carbons (Fsp3) is 1.00. The van der Waals surface area contributed by atoms with E-state index in [4.69, 9.17) is 0 Å². The average molecular weight is 226 g/mol. The summed E-state index contributed by atoms with van der Waals surface area (Å²) in [6.07, 6.45) is 5.48. The molecule has 50 valence electrons. The van der Waals surface area contributed by atoms with Crippen LogP contribution in [0, 0.1) is 0 Å². The molecule has 0 saturated carbocycles. The van der Waals surface area contributed by atoms with E-state index < -0.39 is 0 Å². The lowest BCUT2D eigenvalue weighted by atomic mass is 10.2. The van der Waals surface area contributed by atoms with Gasteiger partial charge in [-0.25, -0.2) is 0 Å². The molecule has 0 amide bonds.